The second-order valence-electron chi connectivity index (χ2n) is 4.98. The van der Waals surface area contributed by atoms with Gasteiger partial charge in [-0.3, -0.25) is 5.41 Å². The normalized spacial score (nSPS) is 10.4. The average molecular weight is 262 g/mol. The Morgan fingerprint density at radius 2 is 1.84 bits per heavy atom. The highest BCUT2D eigenvalue weighted by atomic mass is 16.5. The molecule has 0 saturated carbocycles. The highest BCUT2D eigenvalue weighted by Crippen LogP contribution is 2.23. The van der Waals surface area contributed by atoms with Crippen LogP contribution in [0, 0.1) is 12.3 Å². The Labute approximate surface area is 116 Å². The van der Waals surface area contributed by atoms with Crippen molar-refractivity contribution in [3.05, 3.63) is 29.3 Å². The van der Waals surface area contributed by atoms with Crippen LogP contribution in [-0.2, 0) is 0 Å². The lowest BCUT2D eigenvalue weighted by atomic mass is 10.1. The van der Waals surface area contributed by atoms with Crippen molar-refractivity contribution in [3.8, 4) is 5.75 Å². The molecule has 3 nitrogen and oxygen atoms in total. The van der Waals surface area contributed by atoms with E-state index in [2.05, 4.69) is 6.92 Å². The smallest absolute Gasteiger partial charge is 0.133 e. The van der Waals surface area contributed by atoms with E-state index in [-0.39, 0.29) is 5.84 Å². The number of nitrogens with one attached hydrogen (secondary N) is 1. The molecule has 0 amide bonds. The zero-order valence-electron chi connectivity index (χ0n) is 12.2. The first-order chi connectivity index (χ1) is 9.16. The van der Waals surface area contributed by atoms with Crippen LogP contribution in [-0.4, -0.2) is 12.4 Å². The van der Waals surface area contributed by atoms with Crippen molar-refractivity contribution in [2.45, 2.75) is 52.4 Å². The van der Waals surface area contributed by atoms with E-state index in [1.165, 1.54) is 32.1 Å². The van der Waals surface area contributed by atoms with Crippen molar-refractivity contribution in [1.29, 1.82) is 5.41 Å². The van der Waals surface area contributed by atoms with Gasteiger partial charge < -0.3 is 10.5 Å². The summed E-state index contributed by atoms with van der Waals surface area (Å²) >= 11 is 0. The molecule has 0 aromatic heterocycles. The predicted molar refractivity (Wildman–Crippen MR) is 81.1 cm³/mol. The molecule has 0 aliphatic carbocycles. The number of ether oxygens (including phenoxy) is 1. The van der Waals surface area contributed by atoms with Crippen LogP contribution in [0.15, 0.2) is 18.2 Å². The van der Waals surface area contributed by atoms with Crippen LogP contribution in [0.3, 0.4) is 0 Å². The highest BCUT2D eigenvalue weighted by Gasteiger charge is 2.08. The van der Waals surface area contributed by atoms with Crippen molar-refractivity contribution in [2.24, 2.45) is 5.73 Å². The molecule has 0 fully saturated rings. The Morgan fingerprint density at radius 1 is 1.16 bits per heavy atom. The number of unbranched alkanes of at least 4 members (excludes halogenated alkanes) is 5. The molecule has 1 rings (SSSR count). The first kappa shape index (κ1) is 15.5. The maximum Gasteiger partial charge on any atom is 0.133 e. The third-order valence-corrected chi connectivity index (χ3v) is 3.25. The second-order valence-corrected chi connectivity index (χ2v) is 4.98. The Morgan fingerprint density at radius 3 is 2.53 bits per heavy atom. The van der Waals surface area contributed by atoms with Gasteiger partial charge in [0, 0.05) is 0 Å². The number of hydrogen-bond acceptors (Lipinski definition) is 2. The maximum atomic E-state index is 7.56. The summed E-state index contributed by atoms with van der Waals surface area (Å²) < 4.78 is 5.81. The van der Waals surface area contributed by atoms with Crippen LogP contribution in [0.4, 0.5) is 0 Å². The zero-order chi connectivity index (χ0) is 14.1. The molecule has 0 heterocycles. The van der Waals surface area contributed by atoms with Gasteiger partial charge in [-0.1, -0.05) is 51.2 Å². The van der Waals surface area contributed by atoms with E-state index in [1.807, 2.05) is 25.1 Å². The third kappa shape index (κ3) is 5.33. The van der Waals surface area contributed by atoms with E-state index in [0.29, 0.717) is 12.2 Å². The molecule has 1 aromatic rings. The molecule has 0 saturated heterocycles. The minimum atomic E-state index is 0.0710. The summed E-state index contributed by atoms with van der Waals surface area (Å²) in [6.07, 6.45) is 7.48. The largest absolute Gasteiger partial charge is 0.493 e. The first-order valence-electron chi connectivity index (χ1n) is 7.23. The van der Waals surface area contributed by atoms with Crippen LogP contribution in [0.25, 0.3) is 0 Å². The molecule has 3 N–H and O–H groups in total. The summed E-state index contributed by atoms with van der Waals surface area (Å²) in [5, 5.41) is 7.56. The Bertz CT molecular complexity index is 402. The van der Waals surface area contributed by atoms with Gasteiger partial charge in [0.25, 0.3) is 0 Å². The average Bonchev–Trinajstić information content (AvgIpc) is 2.39. The SMILES string of the molecule is CCCCCCCCOc1c(C)cccc1C(=N)N. The summed E-state index contributed by atoms with van der Waals surface area (Å²) in [6.45, 7) is 4.92. The third-order valence-electron chi connectivity index (χ3n) is 3.25. The number of nitrogen functional groups attached to an aromatic ring is 1. The van der Waals surface area contributed by atoms with Crippen molar-refractivity contribution in [2.75, 3.05) is 6.61 Å². The number of para-hydroxylation sites is 1. The number of hydrogen-bond donors (Lipinski definition) is 2. The van der Waals surface area contributed by atoms with E-state index >= 15 is 0 Å². The van der Waals surface area contributed by atoms with Gasteiger partial charge in [-0.05, 0) is 25.0 Å². The summed E-state index contributed by atoms with van der Waals surface area (Å²) in [4.78, 5) is 0. The Hall–Kier alpha value is -1.51. The summed E-state index contributed by atoms with van der Waals surface area (Å²) in [7, 11) is 0. The number of aryl methyl sites for hydroxylation is 1. The topological polar surface area (TPSA) is 59.1 Å². The van der Waals surface area contributed by atoms with Crippen molar-refractivity contribution < 1.29 is 4.74 Å². The highest BCUT2D eigenvalue weighted by molar-refractivity contribution is 5.98. The molecule has 1 aromatic carbocycles. The quantitative estimate of drug-likeness (QED) is 0.401. The van der Waals surface area contributed by atoms with E-state index in [9.17, 15) is 0 Å². The lowest BCUT2D eigenvalue weighted by Gasteiger charge is -2.13. The van der Waals surface area contributed by atoms with Crippen LogP contribution in [0.2, 0.25) is 0 Å². The molecule has 0 bridgehead atoms. The summed E-state index contributed by atoms with van der Waals surface area (Å²) in [6, 6.07) is 5.73. The molecule has 106 valence electrons. The molecule has 0 unspecified atom stereocenters. The first-order valence-corrected chi connectivity index (χ1v) is 7.23. The van der Waals surface area contributed by atoms with Crippen LogP contribution < -0.4 is 10.5 Å². The van der Waals surface area contributed by atoms with Crippen LogP contribution in [0.1, 0.15) is 56.6 Å². The predicted octanol–water partition coefficient (Wildman–Crippen LogP) is 4.02. The minimum Gasteiger partial charge on any atom is -0.493 e. The van der Waals surface area contributed by atoms with Crippen molar-refractivity contribution in [3.63, 3.8) is 0 Å². The fourth-order valence-electron chi connectivity index (χ4n) is 2.11. The minimum absolute atomic E-state index is 0.0710. The number of rotatable bonds is 9. The molecule has 0 radical (unpaired) electrons. The van der Waals surface area contributed by atoms with Gasteiger partial charge >= 0.3 is 0 Å². The van der Waals surface area contributed by atoms with Gasteiger partial charge in [-0.25, -0.2) is 0 Å². The van der Waals surface area contributed by atoms with Crippen molar-refractivity contribution in [1.82, 2.24) is 0 Å². The number of nitrogens with two attached hydrogens (primary N) is 1. The van der Waals surface area contributed by atoms with Crippen LogP contribution >= 0.6 is 0 Å². The monoisotopic (exact) mass is 262 g/mol. The van der Waals surface area contributed by atoms with Gasteiger partial charge in [0.2, 0.25) is 0 Å². The van der Waals surface area contributed by atoms with Gasteiger partial charge in [-0.2, -0.15) is 0 Å². The molecular formula is C16H26N2O. The Kier molecular flexibility index (Phi) is 7.01. The molecule has 0 aliphatic heterocycles. The van der Waals surface area contributed by atoms with Gasteiger partial charge in [0.05, 0.1) is 12.2 Å². The molecular weight excluding hydrogens is 236 g/mol. The molecule has 3 heteroatoms. The van der Waals surface area contributed by atoms with Crippen molar-refractivity contribution >= 4 is 5.84 Å². The van der Waals surface area contributed by atoms with E-state index < -0.39 is 0 Å². The summed E-state index contributed by atoms with van der Waals surface area (Å²) in [5.74, 6) is 0.838. The van der Waals surface area contributed by atoms with Crippen LogP contribution in [0.5, 0.6) is 5.75 Å². The lowest BCUT2D eigenvalue weighted by Crippen LogP contribution is -2.14. The molecule has 0 atom stereocenters. The molecule has 19 heavy (non-hydrogen) atoms. The van der Waals surface area contributed by atoms with E-state index in [1.54, 1.807) is 0 Å². The molecule has 0 spiro atoms. The van der Waals surface area contributed by atoms with Gasteiger partial charge in [-0.15, -0.1) is 0 Å². The van der Waals surface area contributed by atoms with E-state index in [0.717, 1.165) is 17.7 Å². The number of benzene rings is 1. The standard InChI is InChI=1S/C16H26N2O/c1-3-4-5-6-7-8-12-19-15-13(2)10-9-11-14(15)16(17)18/h9-11H,3-8,12H2,1-2H3,(H3,17,18). The van der Waals surface area contributed by atoms with E-state index in [4.69, 9.17) is 15.9 Å². The maximum absolute atomic E-state index is 7.56. The lowest BCUT2D eigenvalue weighted by molar-refractivity contribution is 0.302. The van der Waals surface area contributed by atoms with Gasteiger partial charge in [0.1, 0.15) is 11.6 Å². The number of amidine groups is 1. The second kappa shape index (κ2) is 8.57. The molecule has 0 aliphatic rings. The fraction of sp³-hybridized carbons (Fsp3) is 0.562. The van der Waals surface area contributed by atoms with Gasteiger partial charge in [0.15, 0.2) is 0 Å². The summed E-state index contributed by atoms with van der Waals surface area (Å²) in [5.41, 5.74) is 7.31. The zero-order valence-corrected chi connectivity index (χ0v) is 12.2. The Balaban J connectivity index is 2.38. The fourth-order valence-corrected chi connectivity index (χ4v) is 2.11.